The molecule has 0 radical (unpaired) electrons. The van der Waals surface area contributed by atoms with Crippen LogP contribution in [0, 0.1) is 5.82 Å². The van der Waals surface area contributed by atoms with Crippen LogP contribution in [-0.2, 0) is 13.1 Å². The molecule has 0 fully saturated rings. The minimum atomic E-state index is -0.526. The predicted molar refractivity (Wildman–Crippen MR) is 136 cm³/mol. The first-order valence-electron chi connectivity index (χ1n) is 12.1. The molecule has 4 aromatic rings. The molecule has 0 aliphatic rings. The summed E-state index contributed by atoms with van der Waals surface area (Å²) in [5.41, 5.74) is 1.96. The van der Waals surface area contributed by atoms with Gasteiger partial charge in [0.25, 0.3) is 11.8 Å². The Morgan fingerprint density at radius 2 is 1.75 bits per heavy atom. The molecule has 1 atom stereocenters. The standard InChI is InChI=1S/C29H30FN3O3/c1-3-17-33(29(35)25-13-7-8-14-26(25)30)19-23-12-9-18-32(23)20-24-15-16-27(36-24)28(34)31-21(2)22-10-5-4-6-11-22/h4-16,18,21H,3,17,19-20H2,1-2H3,(H,31,34). The largest absolute Gasteiger partial charge is 0.454 e. The minimum absolute atomic E-state index is 0.0653. The third kappa shape index (κ3) is 5.92. The zero-order chi connectivity index (χ0) is 25.5. The quantitative estimate of drug-likeness (QED) is 0.307. The molecule has 0 spiro atoms. The van der Waals surface area contributed by atoms with Gasteiger partial charge < -0.3 is 19.2 Å². The van der Waals surface area contributed by atoms with Gasteiger partial charge in [-0.15, -0.1) is 0 Å². The SMILES string of the molecule is CCCN(Cc1cccn1Cc1ccc(C(=O)NC(C)c2ccccc2)o1)C(=O)c1ccccc1F. The highest BCUT2D eigenvalue weighted by Crippen LogP contribution is 2.18. The van der Waals surface area contributed by atoms with Crippen molar-refractivity contribution in [2.75, 3.05) is 6.54 Å². The van der Waals surface area contributed by atoms with E-state index in [0.717, 1.165) is 17.7 Å². The normalized spacial score (nSPS) is 11.8. The fourth-order valence-electron chi connectivity index (χ4n) is 4.12. The van der Waals surface area contributed by atoms with Gasteiger partial charge in [-0.2, -0.15) is 0 Å². The predicted octanol–water partition coefficient (Wildman–Crippen LogP) is 5.81. The molecule has 2 aromatic carbocycles. The second-order valence-electron chi connectivity index (χ2n) is 8.71. The monoisotopic (exact) mass is 487 g/mol. The summed E-state index contributed by atoms with van der Waals surface area (Å²) in [5, 5.41) is 2.95. The van der Waals surface area contributed by atoms with Gasteiger partial charge in [0.15, 0.2) is 5.76 Å². The first-order valence-corrected chi connectivity index (χ1v) is 12.1. The van der Waals surface area contributed by atoms with Gasteiger partial charge in [-0.05, 0) is 55.3 Å². The van der Waals surface area contributed by atoms with Crippen molar-refractivity contribution in [2.45, 2.75) is 39.4 Å². The van der Waals surface area contributed by atoms with Gasteiger partial charge in [-0.25, -0.2) is 4.39 Å². The Hall–Kier alpha value is -4.13. The van der Waals surface area contributed by atoms with Crippen LogP contribution >= 0.6 is 0 Å². The van der Waals surface area contributed by atoms with Gasteiger partial charge in [0.1, 0.15) is 11.6 Å². The number of hydrogen-bond acceptors (Lipinski definition) is 3. The smallest absolute Gasteiger partial charge is 0.287 e. The summed E-state index contributed by atoms with van der Waals surface area (Å²) in [4.78, 5) is 27.4. The van der Waals surface area contributed by atoms with Crippen molar-refractivity contribution < 1.29 is 18.4 Å². The zero-order valence-electron chi connectivity index (χ0n) is 20.5. The molecule has 6 nitrogen and oxygen atoms in total. The summed E-state index contributed by atoms with van der Waals surface area (Å²) in [6.45, 7) is 5.14. The van der Waals surface area contributed by atoms with E-state index in [-0.39, 0.29) is 29.2 Å². The van der Waals surface area contributed by atoms with Crippen molar-refractivity contribution in [2.24, 2.45) is 0 Å². The van der Waals surface area contributed by atoms with E-state index in [1.807, 2.05) is 67.1 Å². The van der Waals surface area contributed by atoms with Crippen molar-refractivity contribution in [1.82, 2.24) is 14.8 Å². The first kappa shape index (κ1) is 25.0. The number of carbonyl (C=O) groups excluding carboxylic acids is 2. The first-order chi connectivity index (χ1) is 17.5. The fraction of sp³-hybridized carbons (Fsp3) is 0.241. The number of nitrogens with zero attached hydrogens (tertiary/aromatic N) is 2. The second-order valence-corrected chi connectivity index (χ2v) is 8.71. The molecule has 2 aromatic heterocycles. The van der Waals surface area contributed by atoms with Crippen LogP contribution in [0.2, 0.25) is 0 Å². The summed E-state index contributed by atoms with van der Waals surface area (Å²) < 4.78 is 22.0. The number of benzene rings is 2. The maximum absolute atomic E-state index is 14.2. The van der Waals surface area contributed by atoms with E-state index >= 15 is 0 Å². The third-order valence-corrected chi connectivity index (χ3v) is 6.02. The van der Waals surface area contributed by atoms with Gasteiger partial charge in [0.05, 0.1) is 24.7 Å². The molecule has 186 valence electrons. The lowest BCUT2D eigenvalue weighted by molar-refractivity contribution is 0.0734. The number of hydrogen-bond donors (Lipinski definition) is 1. The third-order valence-electron chi connectivity index (χ3n) is 6.02. The summed E-state index contributed by atoms with van der Waals surface area (Å²) in [7, 11) is 0. The Morgan fingerprint density at radius 3 is 2.50 bits per heavy atom. The Morgan fingerprint density at radius 1 is 1.00 bits per heavy atom. The number of aromatic nitrogens is 1. The molecule has 2 heterocycles. The Balaban J connectivity index is 1.43. The molecule has 0 bridgehead atoms. The fourth-order valence-corrected chi connectivity index (χ4v) is 4.12. The van der Waals surface area contributed by atoms with E-state index in [9.17, 15) is 14.0 Å². The van der Waals surface area contributed by atoms with Gasteiger partial charge in [-0.3, -0.25) is 9.59 Å². The zero-order valence-corrected chi connectivity index (χ0v) is 20.5. The highest BCUT2D eigenvalue weighted by atomic mass is 19.1. The molecule has 0 saturated heterocycles. The molecular formula is C29H30FN3O3. The molecule has 4 rings (SSSR count). The van der Waals surface area contributed by atoms with E-state index in [1.54, 1.807) is 29.2 Å². The summed E-state index contributed by atoms with van der Waals surface area (Å²) in [6.07, 6.45) is 2.64. The lowest BCUT2D eigenvalue weighted by Gasteiger charge is -2.23. The average Bonchev–Trinajstić information content (AvgIpc) is 3.54. The van der Waals surface area contributed by atoms with E-state index < -0.39 is 5.82 Å². The Kier molecular flexibility index (Phi) is 8.00. The molecular weight excluding hydrogens is 457 g/mol. The van der Waals surface area contributed by atoms with Crippen LogP contribution in [0.1, 0.15) is 64.2 Å². The van der Waals surface area contributed by atoms with Crippen LogP contribution in [0.3, 0.4) is 0 Å². The van der Waals surface area contributed by atoms with E-state index in [4.69, 9.17) is 4.42 Å². The van der Waals surface area contributed by atoms with Gasteiger partial charge in [0.2, 0.25) is 0 Å². The van der Waals surface area contributed by atoms with Crippen molar-refractivity contribution in [3.63, 3.8) is 0 Å². The number of rotatable bonds is 10. The molecule has 0 aliphatic heterocycles. The number of carbonyl (C=O) groups is 2. The second kappa shape index (κ2) is 11.5. The molecule has 36 heavy (non-hydrogen) atoms. The summed E-state index contributed by atoms with van der Waals surface area (Å²) in [5.74, 6) is -0.291. The van der Waals surface area contributed by atoms with Crippen LogP contribution in [0.15, 0.2) is 89.5 Å². The van der Waals surface area contributed by atoms with Crippen LogP contribution < -0.4 is 5.32 Å². The molecule has 0 aliphatic carbocycles. The topological polar surface area (TPSA) is 67.5 Å². The summed E-state index contributed by atoms with van der Waals surface area (Å²) >= 11 is 0. The van der Waals surface area contributed by atoms with Crippen LogP contribution in [0.25, 0.3) is 0 Å². The van der Waals surface area contributed by atoms with Crippen molar-refractivity contribution in [3.05, 3.63) is 119 Å². The number of halogens is 1. The lowest BCUT2D eigenvalue weighted by atomic mass is 10.1. The minimum Gasteiger partial charge on any atom is -0.454 e. The number of nitrogens with one attached hydrogen (secondary N) is 1. The number of amides is 2. The molecule has 7 heteroatoms. The maximum Gasteiger partial charge on any atom is 0.287 e. The van der Waals surface area contributed by atoms with E-state index in [0.29, 0.717) is 25.4 Å². The van der Waals surface area contributed by atoms with Crippen LogP contribution in [0.5, 0.6) is 0 Å². The maximum atomic E-state index is 14.2. The molecule has 1 unspecified atom stereocenters. The lowest BCUT2D eigenvalue weighted by Crippen LogP contribution is -2.32. The van der Waals surface area contributed by atoms with Gasteiger partial charge in [0, 0.05) is 18.4 Å². The van der Waals surface area contributed by atoms with E-state index in [2.05, 4.69) is 5.32 Å². The van der Waals surface area contributed by atoms with E-state index in [1.165, 1.54) is 12.1 Å². The highest BCUT2D eigenvalue weighted by molar-refractivity contribution is 5.94. The number of furan rings is 1. The van der Waals surface area contributed by atoms with Gasteiger partial charge >= 0.3 is 0 Å². The van der Waals surface area contributed by atoms with Gasteiger partial charge in [-0.1, -0.05) is 49.4 Å². The Labute approximate surface area is 210 Å². The molecule has 2 amide bonds. The Bertz CT molecular complexity index is 1310. The average molecular weight is 488 g/mol. The van der Waals surface area contributed by atoms with Crippen molar-refractivity contribution >= 4 is 11.8 Å². The van der Waals surface area contributed by atoms with Crippen molar-refractivity contribution in [1.29, 1.82) is 0 Å². The molecule has 0 saturated carbocycles. The van der Waals surface area contributed by atoms with Crippen LogP contribution in [0.4, 0.5) is 4.39 Å². The van der Waals surface area contributed by atoms with Crippen molar-refractivity contribution in [3.8, 4) is 0 Å². The van der Waals surface area contributed by atoms with Crippen LogP contribution in [-0.4, -0.2) is 27.8 Å². The highest BCUT2D eigenvalue weighted by Gasteiger charge is 2.20. The summed E-state index contributed by atoms with van der Waals surface area (Å²) in [6, 6.07) is 22.9. The molecule has 1 N–H and O–H groups in total.